The summed E-state index contributed by atoms with van der Waals surface area (Å²) in [6.07, 6.45) is -0.355. The smallest absolute Gasteiger partial charge is 0.264 e. The van der Waals surface area contributed by atoms with Crippen LogP contribution < -0.4 is 14.4 Å². The Morgan fingerprint density at radius 2 is 1.81 bits per heavy atom. The van der Waals surface area contributed by atoms with E-state index in [2.05, 4.69) is 6.07 Å². The molecule has 0 radical (unpaired) electrons. The number of hydrogen-bond acceptors (Lipinski definition) is 5. The lowest BCUT2D eigenvalue weighted by Crippen LogP contribution is -2.41. The molecule has 0 saturated carbocycles. The molecular formula is C26H23NO5. The Hall–Kier alpha value is -3.64. The van der Waals surface area contributed by atoms with Crippen molar-refractivity contribution in [1.29, 1.82) is 0 Å². The number of carbonyl (C=O) groups is 2. The van der Waals surface area contributed by atoms with Crippen LogP contribution in [0.5, 0.6) is 11.5 Å². The monoisotopic (exact) mass is 429 g/mol. The quantitative estimate of drug-likeness (QED) is 0.620. The number of rotatable bonds is 5. The second-order valence-electron chi connectivity index (χ2n) is 8.37. The topological polar surface area (TPSA) is 76.1 Å². The molecule has 2 aliphatic rings. The molecule has 0 bridgehead atoms. The third kappa shape index (κ3) is 3.24. The minimum atomic E-state index is -1.93. The Bertz CT molecular complexity index is 1250. The highest BCUT2D eigenvalue weighted by atomic mass is 16.7. The molecule has 0 unspecified atom stereocenters. The van der Waals surface area contributed by atoms with Crippen molar-refractivity contribution in [2.24, 2.45) is 0 Å². The van der Waals surface area contributed by atoms with E-state index in [4.69, 9.17) is 9.47 Å². The zero-order valence-corrected chi connectivity index (χ0v) is 17.9. The normalized spacial score (nSPS) is 18.7. The highest BCUT2D eigenvalue weighted by Crippen LogP contribution is 2.44. The molecule has 5 rings (SSSR count). The number of benzene rings is 3. The molecule has 3 aromatic rings. The first-order chi connectivity index (χ1) is 15.4. The maximum absolute atomic E-state index is 13.5. The van der Waals surface area contributed by atoms with Gasteiger partial charge in [-0.25, -0.2) is 0 Å². The van der Waals surface area contributed by atoms with E-state index in [0.717, 1.165) is 16.7 Å². The maximum atomic E-state index is 13.5. The van der Waals surface area contributed by atoms with Crippen molar-refractivity contribution < 1.29 is 24.2 Å². The number of carbonyl (C=O) groups excluding carboxylic acids is 2. The highest BCUT2D eigenvalue weighted by Gasteiger charge is 2.50. The minimum absolute atomic E-state index is 0.107. The maximum Gasteiger partial charge on any atom is 0.264 e. The number of nitrogens with zero attached hydrogens (tertiary/aromatic N) is 1. The first kappa shape index (κ1) is 20.3. The van der Waals surface area contributed by atoms with E-state index >= 15 is 0 Å². The van der Waals surface area contributed by atoms with E-state index in [1.54, 1.807) is 41.3 Å². The first-order valence-corrected chi connectivity index (χ1v) is 10.5. The zero-order chi connectivity index (χ0) is 22.5. The largest absolute Gasteiger partial charge is 0.454 e. The summed E-state index contributed by atoms with van der Waals surface area (Å²) in [5.41, 5.74) is 2.71. The minimum Gasteiger partial charge on any atom is -0.454 e. The third-order valence-corrected chi connectivity index (χ3v) is 6.18. The van der Waals surface area contributed by atoms with Crippen LogP contribution in [0.1, 0.15) is 39.0 Å². The van der Waals surface area contributed by atoms with Gasteiger partial charge in [0.2, 0.25) is 6.79 Å². The van der Waals surface area contributed by atoms with Crippen LogP contribution in [-0.4, -0.2) is 23.6 Å². The molecule has 0 aromatic heterocycles. The Balaban J connectivity index is 1.47. The predicted octanol–water partition coefficient (Wildman–Crippen LogP) is 4.04. The molecule has 1 N–H and O–H groups in total. The number of aryl methyl sites for hydroxylation is 2. The van der Waals surface area contributed by atoms with Gasteiger partial charge in [-0.15, -0.1) is 0 Å². The van der Waals surface area contributed by atoms with Gasteiger partial charge in [-0.2, -0.15) is 0 Å². The molecule has 0 saturated heterocycles. The number of anilines is 1. The lowest BCUT2D eigenvalue weighted by Gasteiger charge is -2.23. The number of para-hydroxylation sites is 1. The van der Waals surface area contributed by atoms with Crippen molar-refractivity contribution in [3.8, 4) is 11.5 Å². The summed E-state index contributed by atoms with van der Waals surface area (Å²) in [4.78, 5) is 28.2. The number of aliphatic hydroxyl groups is 1. The van der Waals surface area contributed by atoms with E-state index in [1.165, 1.54) is 0 Å². The molecule has 2 heterocycles. The molecule has 162 valence electrons. The molecule has 0 aliphatic carbocycles. The van der Waals surface area contributed by atoms with Gasteiger partial charge in [0.05, 0.1) is 18.7 Å². The van der Waals surface area contributed by atoms with E-state index in [-0.39, 0.29) is 19.0 Å². The third-order valence-electron chi connectivity index (χ3n) is 6.18. The fourth-order valence-corrected chi connectivity index (χ4v) is 4.43. The Morgan fingerprint density at radius 3 is 2.62 bits per heavy atom. The average molecular weight is 429 g/mol. The molecule has 32 heavy (non-hydrogen) atoms. The van der Waals surface area contributed by atoms with Gasteiger partial charge < -0.3 is 19.5 Å². The van der Waals surface area contributed by atoms with E-state index in [0.29, 0.717) is 34.9 Å². The SMILES string of the molecule is Cc1ccc(CN2C(=O)[C@@](O)(CC(=O)c3ccc4c(c3)OCO4)c3ccccc32)c(C)c1. The van der Waals surface area contributed by atoms with Crippen LogP contribution >= 0.6 is 0 Å². The van der Waals surface area contributed by atoms with Crippen LogP contribution in [-0.2, 0) is 16.9 Å². The van der Waals surface area contributed by atoms with E-state index in [9.17, 15) is 14.7 Å². The van der Waals surface area contributed by atoms with Crippen molar-refractivity contribution in [1.82, 2.24) is 0 Å². The summed E-state index contributed by atoms with van der Waals surface area (Å²) in [6, 6.07) is 18.1. The van der Waals surface area contributed by atoms with Gasteiger partial charge in [0.1, 0.15) is 0 Å². The molecular weight excluding hydrogens is 406 g/mol. The summed E-state index contributed by atoms with van der Waals surface area (Å²) < 4.78 is 10.6. The number of fused-ring (bicyclic) bond motifs is 2. The fraction of sp³-hybridized carbons (Fsp3) is 0.231. The van der Waals surface area contributed by atoms with Gasteiger partial charge in [-0.3, -0.25) is 9.59 Å². The summed E-state index contributed by atoms with van der Waals surface area (Å²) in [7, 11) is 0. The van der Waals surface area contributed by atoms with Crippen LogP contribution in [0.3, 0.4) is 0 Å². The lowest BCUT2D eigenvalue weighted by molar-refractivity contribution is -0.136. The molecule has 0 spiro atoms. The number of Topliss-reactive ketones (excluding diaryl/α,β-unsaturated/α-hetero) is 1. The van der Waals surface area contributed by atoms with Crippen LogP contribution in [0.15, 0.2) is 60.7 Å². The summed E-state index contributed by atoms with van der Waals surface area (Å²) >= 11 is 0. The molecule has 0 fully saturated rings. The summed E-state index contributed by atoms with van der Waals surface area (Å²) in [6.45, 7) is 4.45. The Labute approximate surface area is 186 Å². The van der Waals surface area contributed by atoms with Crippen LogP contribution in [0.4, 0.5) is 5.69 Å². The molecule has 2 aliphatic heterocycles. The summed E-state index contributed by atoms with van der Waals surface area (Å²) in [5.74, 6) is 0.217. The van der Waals surface area contributed by atoms with Gasteiger partial charge in [-0.1, -0.05) is 42.0 Å². The van der Waals surface area contributed by atoms with Gasteiger partial charge >= 0.3 is 0 Å². The Morgan fingerprint density at radius 1 is 1.03 bits per heavy atom. The number of amides is 1. The van der Waals surface area contributed by atoms with Gasteiger partial charge in [0.25, 0.3) is 5.91 Å². The highest BCUT2D eigenvalue weighted by molar-refractivity contribution is 6.10. The number of hydrogen-bond donors (Lipinski definition) is 1. The first-order valence-electron chi connectivity index (χ1n) is 10.5. The molecule has 3 aromatic carbocycles. The van der Waals surface area contributed by atoms with E-state index in [1.807, 2.05) is 32.0 Å². The van der Waals surface area contributed by atoms with Gasteiger partial charge in [0.15, 0.2) is 22.9 Å². The van der Waals surface area contributed by atoms with Gasteiger partial charge in [0, 0.05) is 11.1 Å². The number of ketones is 1. The summed E-state index contributed by atoms with van der Waals surface area (Å²) in [5, 5.41) is 11.5. The van der Waals surface area contributed by atoms with Gasteiger partial charge in [-0.05, 0) is 49.2 Å². The van der Waals surface area contributed by atoms with Crippen molar-refractivity contribution in [3.05, 3.63) is 88.5 Å². The second-order valence-corrected chi connectivity index (χ2v) is 8.37. The molecule has 1 atom stereocenters. The van der Waals surface area contributed by atoms with Crippen molar-refractivity contribution >= 4 is 17.4 Å². The zero-order valence-electron chi connectivity index (χ0n) is 17.9. The average Bonchev–Trinajstić information content (AvgIpc) is 3.33. The fourth-order valence-electron chi connectivity index (χ4n) is 4.43. The van der Waals surface area contributed by atoms with Crippen molar-refractivity contribution in [2.75, 3.05) is 11.7 Å². The number of ether oxygens (including phenoxy) is 2. The van der Waals surface area contributed by atoms with Crippen LogP contribution in [0.2, 0.25) is 0 Å². The Kier molecular flexibility index (Phi) is 4.75. The lowest BCUT2D eigenvalue weighted by atomic mass is 9.88. The standard InChI is InChI=1S/C26H23NO5/c1-16-7-8-19(17(2)11-16)14-27-21-6-4-3-5-20(21)26(30,25(27)29)13-22(28)18-9-10-23-24(12-18)32-15-31-23/h3-12,30H,13-15H2,1-2H3/t26-/m1/s1. The molecule has 6 heteroatoms. The molecule has 1 amide bonds. The molecule has 6 nitrogen and oxygen atoms in total. The van der Waals surface area contributed by atoms with Crippen LogP contribution in [0.25, 0.3) is 0 Å². The second kappa shape index (κ2) is 7.50. The van der Waals surface area contributed by atoms with Crippen molar-refractivity contribution in [3.63, 3.8) is 0 Å². The van der Waals surface area contributed by atoms with Crippen LogP contribution in [0, 0.1) is 13.8 Å². The predicted molar refractivity (Wildman–Crippen MR) is 119 cm³/mol. The van der Waals surface area contributed by atoms with Crippen molar-refractivity contribution in [2.45, 2.75) is 32.4 Å². The van der Waals surface area contributed by atoms with E-state index < -0.39 is 11.5 Å².